The van der Waals surface area contributed by atoms with Gasteiger partial charge in [0.05, 0.1) is 6.61 Å². The zero-order valence-electron chi connectivity index (χ0n) is 10.7. The van der Waals surface area contributed by atoms with E-state index in [1.54, 1.807) is 6.92 Å². The molecular formula is C15H18O3. The van der Waals surface area contributed by atoms with Crippen molar-refractivity contribution in [3.05, 3.63) is 23.8 Å². The summed E-state index contributed by atoms with van der Waals surface area (Å²) in [5.41, 5.74) is 2.26. The monoisotopic (exact) mass is 246 g/mol. The lowest BCUT2D eigenvalue weighted by molar-refractivity contribution is -0.182. The number of carbonyl (C=O) groups excluding carboxylic acids is 1. The van der Waals surface area contributed by atoms with Gasteiger partial charge < -0.3 is 9.47 Å². The summed E-state index contributed by atoms with van der Waals surface area (Å²) in [6.07, 6.45) is 6.36. The first-order chi connectivity index (χ1) is 8.55. The normalized spacial score (nSPS) is 49.5. The maximum atomic E-state index is 11.6. The summed E-state index contributed by atoms with van der Waals surface area (Å²) in [5, 5.41) is 0. The van der Waals surface area contributed by atoms with Crippen LogP contribution in [0, 0.1) is 17.3 Å². The highest BCUT2D eigenvalue weighted by atomic mass is 16.7. The molecule has 5 rings (SSSR count). The first kappa shape index (κ1) is 10.8. The van der Waals surface area contributed by atoms with E-state index in [1.165, 1.54) is 24.8 Å². The highest BCUT2D eigenvalue weighted by molar-refractivity contribution is 5.90. The summed E-state index contributed by atoms with van der Waals surface area (Å²) in [6.45, 7) is 6.74. The predicted octanol–water partition coefficient (Wildman–Crippen LogP) is 2.58. The Hall–Kier alpha value is -1.09. The van der Waals surface area contributed by atoms with Crippen LogP contribution < -0.4 is 0 Å². The molecule has 1 saturated heterocycles. The number of hydrogen-bond donors (Lipinski definition) is 0. The second-order valence-corrected chi connectivity index (χ2v) is 6.41. The van der Waals surface area contributed by atoms with E-state index in [1.807, 2.05) is 6.08 Å². The van der Waals surface area contributed by atoms with Gasteiger partial charge in [0.15, 0.2) is 0 Å². The fraction of sp³-hybridized carbons (Fsp3) is 0.667. The molecule has 0 aromatic rings. The van der Waals surface area contributed by atoms with Gasteiger partial charge in [-0.25, -0.2) is 4.79 Å². The molecule has 0 N–H and O–H groups in total. The molecule has 2 spiro atoms. The summed E-state index contributed by atoms with van der Waals surface area (Å²) < 4.78 is 11.4. The van der Waals surface area contributed by atoms with Gasteiger partial charge in [-0.3, -0.25) is 0 Å². The Morgan fingerprint density at radius 1 is 1.50 bits per heavy atom. The maximum Gasteiger partial charge on any atom is 0.336 e. The number of carbonyl (C=O) groups is 1. The number of rotatable bonds is 0. The van der Waals surface area contributed by atoms with E-state index in [4.69, 9.17) is 9.47 Å². The summed E-state index contributed by atoms with van der Waals surface area (Å²) in [4.78, 5) is 11.6. The van der Waals surface area contributed by atoms with Crippen molar-refractivity contribution in [2.75, 3.05) is 6.61 Å². The number of fused-ring (bicyclic) bond motifs is 2. The van der Waals surface area contributed by atoms with Crippen LogP contribution in [0.4, 0.5) is 0 Å². The van der Waals surface area contributed by atoms with E-state index in [0.717, 1.165) is 18.9 Å². The summed E-state index contributed by atoms with van der Waals surface area (Å²) in [7, 11) is 0. The largest absolute Gasteiger partial charge is 0.426 e. The van der Waals surface area contributed by atoms with Gasteiger partial charge in [0.2, 0.25) is 5.79 Å². The van der Waals surface area contributed by atoms with Gasteiger partial charge >= 0.3 is 5.97 Å². The molecule has 2 bridgehead atoms. The van der Waals surface area contributed by atoms with E-state index in [-0.39, 0.29) is 11.4 Å². The minimum atomic E-state index is -0.754. The van der Waals surface area contributed by atoms with Crippen LogP contribution in [0.1, 0.15) is 32.6 Å². The van der Waals surface area contributed by atoms with Gasteiger partial charge in [0.25, 0.3) is 0 Å². The van der Waals surface area contributed by atoms with Crippen molar-refractivity contribution in [3.8, 4) is 0 Å². The second kappa shape index (κ2) is 3.08. The zero-order chi connectivity index (χ0) is 12.5. The molecule has 4 atom stereocenters. The van der Waals surface area contributed by atoms with Crippen LogP contribution in [0.25, 0.3) is 0 Å². The quantitative estimate of drug-likeness (QED) is 0.487. The highest BCUT2D eigenvalue weighted by Gasteiger charge is 2.66. The smallest absolute Gasteiger partial charge is 0.336 e. The Morgan fingerprint density at radius 3 is 2.94 bits per heavy atom. The summed E-state index contributed by atoms with van der Waals surface area (Å²) in [6, 6.07) is 0. The zero-order valence-corrected chi connectivity index (χ0v) is 10.7. The van der Waals surface area contributed by atoms with Crippen molar-refractivity contribution >= 4 is 5.97 Å². The molecule has 0 amide bonds. The first-order valence-corrected chi connectivity index (χ1v) is 6.79. The molecule has 0 aromatic heterocycles. The van der Waals surface area contributed by atoms with Crippen LogP contribution in [0.2, 0.25) is 0 Å². The van der Waals surface area contributed by atoms with Crippen molar-refractivity contribution in [2.45, 2.75) is 38.4 Å². The van der Waals surface area contributed by atoms with Crippen molar-refractivity contribution in [3.63, 3.8) is 0 Å². The van der Waals surface area contributed by atoms with Crippen LogP contribution in [0.5, 0.6) is 0 Å². The molecule has 4 fully saturated rings. The van der Waals surface area contributed by atoms with E-state index in [0.29, 0.717) is 11.5 Å². The molecule has 2 aliphatic heterocycles. The van der Waals surface area contributed by atoms with E-state index in [9.17, 15) is 4.79 Å². The molecule has 5 aliphatic rings. The Balaban J connectivity index is 1.65. The van der Waals surface area contributed by atoms with Crippen molar-refractivity contribution in [1.82, 2.24) is 0 Å². The number of allylic oxidation sites excluding steroid dienone is 1. The molecule has 3 heteroatoms. The number of ether oxygens (including phenoxy) is 2. The third-order valence-electron chi connectivity index (χ3n) is 5.52. The molecule has 96 valence electrons. The Morgan fingerprint density at radius 2 is 2.33 bits per heavy atom. The van der Waals surface area contributed by atoms with Crippen LogP contribution in [-0.2, 0) is 14.3 Å². The van der Waals surface area contributed by atoms with Crippen molar-refractivity contribution in [1.29, 1.82) is 0 Å². The van der Waals surface area contributed by atoms with E-state index >= 15 is 0 Å². The molecule has 18 heavy (non-hydrogen) atoms. The minimum absolute atomic E-state index is 0.205. The molecule has 3 aliphatic carbocycles. The third kappa shape index (κ3) is 1.11. The van der Waals surface area contributed by atoms with E-state index in [2.05, 4.69) is 6.58 Å². The fourth-order valence-electron chi connectivity index (χ4n) is 4.51. The average Bonchev–Trinajstić information content (AvgIpc) is 2.82. The van der Waals surface area contributed by atoms with Crippen LogP contribution in [0.3, 0.4) is 0 Å². The van der Waals surface area contributed by atoms with E-state index < -0.39 is 5.79 Å². The SMILES string of the molecule is C=C1CCC2CC1C21COC2(C=C(C)C(=O)O2)C1. The highest BCUT2D eigenvalue weighted by Crippen LogP contribution is 2.67. The van der Waals surface area contributed by atoms with Gasteiger partial charge in [-0.2, -0.15) is 0 Å². The van der Waals surface area contributed by atoms with Gasteiger partial charge in [-0.15, -0.1) is 0 Å². The summed E-state index contributed by atoms with van der Waals surface area (Å²) in [5.74, 6) is 0.342. The topological polar surface area (TPSA) is 35.5 Å². The van der Waals surface area contributed by atoms with Crippen LogP contribution in [0.15, 0.2) is 23.8 Å². The molecule has 4 unspecified atom stereocenters. The lowest BCUT2D eigenvalue weighted by Crippen LogP contribution is -2.54. The number of hydrogen-bond acceptors (Lipinski definition) is 3. The molecule has 0 radical (unpaired) electrons. The molecule has 3 nitrogen and oxygen atoms in total. The first-order valence-electron chi connectivity index (χ1n) is 6.79. The van der Waals surface area contributed by atoms with Gasteiger partial charge in [-0.1, -0.05) is 12.2 Å². The molecule has 2 heterocycles. The fourth-order valence-corrected chi connectivity index (χ4v) is 4.51. The molecular weight excluding hydrogens is 228 g/mol. The predicted molar refractivity (Wildman–Crippen MR) is 65.6 cm³/mol. The standard InChI is InChI=1S/C15H18O3/c1-9-3-4-11-5-12(9)14(11)7-15(17-8-14)6-10(2)13(16)18-15/h6,11-12H,1,3-5,7-8H2,2H3. The lowest BCUT2D eigenvalue weighted by Gasteiger charge is -2.58. The molecule has 3 saturated carbocycles. The minimum Gasteiger partial charge on any atom is -0.426 e. The third-order valence-corrected chi connectivity index (χ3v) is 5.52. The second-order valence-electron chi connectivity index (χ2n) is 6.41. The Kier molecular flexibility index (Phi) is 1.85. The van der Waals surface area contributed by atoms with Crippen molar-refractivity contribution in [2.24, 2.45) is 17.3 Å². The summed E-state index contributed by atoms with van der Waals surface area (Å²) >= 11 is 0. The van der Waals surface area contributed by atoms with Crippen LogP contribution in [-0.4, -0.2) is 18.4 Å². The Labute approximate surface area is 107 Å². The van der Waals surface area contributed by atoms with Crippen LogP contribution >= 0.6 is 0 Å². The molecule has 0 aromatic carbocycles. The lowest BCUT2D eigenvalue weighted by atomic mass is 9.45. The Bertz CT molecular complexity index is 490. The van der Waals surface area contributed by atoms with Gasteiger partial charge in [0.1, 0.15) is 0 Å². The average molecular weight is 246 g/mol. The van der Waals surface area contributed by atoms with Crippen molar-refractivity contribution < 1.29 is 14.3 Å². The van der Waals surface area contributed by atoms with Gasteiger partial charge in [0, 0.05) is 17.4 Å². The number of esters is 1. The van der Waals surface area contributed by atoms with Gasteiger partial charge in [-0.05, 0) is 44.1 Å². The maximum absolute atomic E-state index is 11.6.